The predicted octanol–water partition coefficient (Wildman–Crippen LogP) is 4.99. The molecule has 0 unspecified atom stereocenters. The molecule has 26 heavy (non-hydrogen) atoms. The van der Waals surface area contributed by atoms with E-state index in [0.29, 0.717) is 5.56 Å². The molecule has 2 aromatic carbocycles. The second kappa shape index (κ2) is 9.03. The topological polar surface area (TPSA) is 49.3 Å². The highest BCUT2D eigenvalue weighted by molar-refractivity contribution is 7.99. The fourth-order valence-electron chi connectivity index (χ4n) is 2.66. The molecule has 0 aliphatic carbocycles. The van der Waals surface area contributed by atoms with Crippen LogP contribution in [0.3, 0.4) is 0 Å². The zero-order chi connectivity index (χ0) is 18.4. The molecular weight excluding hydrogens is 362 g/mol. The Morgan fingerprint density at radius 3 is 2.58 bits per heavy atom. The molecule has 1 heterocycles. The first-order valence-corrected chi connectivity index (χ1v) is 10.4. The minimum atomic E-state index is -0.735. The van der Waals surface area contributed by atoms with E-state index in [9.17, 15) is 9.90 Å². The molecule has 0 radical (unpaired) electrons. The van der Waals surface area contributed by atoms with Gasteiger partial charge >= 0.3 is 0 Å². The van der Waals surface area contributed by atoms with Gasteiger partial charge < -0.3 is 10.4 Å². The van der Waals surface area contributed by atoms with Gasteiger partial charge in [-0.2, -0.15) is 11.3 Å². The van der Waals surface area contributed by atoms with Crippen LogP contribution in [-0.2, 0) is 0 Å². The van der Waals surface area contributed by atoms with Crippen LogP contribution in [0.1, 0.15) is 28.9 Å². The number of hydrogen-bond acceptors (Lipinski definition) is 4. The van der Waals surface area contributed by atoms with E-state index in [2.05, 4.69) is 23.7 Å². The molecule has 0 aliphatic heterocycles. The molecule has 134 valence electrons. The minimum Gasteiger partial charge on any atom is -0.387 e. The van der Waals surface area contributed by atoms with Gasteiger partial charge in [-0.3, -0.25) is 4.79 Å². The minimum absolute atomic E-state index is 0.157. The number of carbonyl (C=O) groups is 1. The van der Waals surface area contributed by atoms with E-state index < -0.39 is 6.10 Å². The Labute approximate surface area is 162 Å². The first-order chi connectivity index (χ1) is 12.7. The van der Waals surface area contributed by atoms with Crippen LogP contribution < -0.4 is 5.32 Å². The highest BCUT2D eigenvalue weighted by Gasteiger charge is 2.14. The van der Waals surface area contributed by atoms with Crippen LogP contribution in [0.15, 0.2) is 70.3 Å². The van der Waals surface area contributed by atoms with E-state index in [0.717, 1.165) is 21.8 Å². The van der Waals surface area contributed by atoms with Crippen molar-refractivity contribution in [3.05, 3.63) is 76.5 Å². The monoisotopic (exact) mass is 383 g/mol. The zero-order valence-corrected chi connectivity index (χ0v) is 16.1. The van der Waals surface area contributed by atoms with Crippen LogP contribution in [0.5, 0.6) is 0 Å². The van der Waals surface area contributed by atoms with Crippen molar-refractivity contribution in [1.82, 2.24) is 5.32 Å². The normalized spacial score (nSPS) is 11.9. The van der Waals surface area contributed by atoms with Crippen molar-refractivity contribution in [3.63, 3.8) is 0 Å². The molecule has 3 rings (SSSR count). The molecule has 0 saturated heterocycles. The van der Waals surface area contributed by atoms with E-state index in [1.165, 1.54) is 5.56 Å². The van der Waals surface area contributed by atoms with E-state index in [4.69, 9.17) is 0 Å². The summed E-state index contributed by atoms with van der Waals surface area (Å²) in [5.41, 5.74) is 3.74. The maximum absolute atomic E-state index is 12.5. The summed E-state index contributed by atoms with van der Waals surface area (Å²) in [6.45, 7) is 2.24. The first kappa shape index (κ1) is 18.7. The third-order valence-electron chi connectivity index (χ3n) is 4.04. The lowest BCUT2D eigenvalue weighted by Crippen LogP contribution is -2.28. The molecule has 1 aromatic heterocycles. The summed E-state index contributed by atoms with van der Waals surface area (Å²) in [7, 11) is 0. The van der Waals surface area contributed by atoms with Crippen molar-refractivity contribution in [2.45, 2.75) is 17.9 Å². The van der Waals surface area contributed by atoms with Crippen LogP contribution in [0, 0.1) is 0 Å². The lowest BCUT2D eigenvalue weighted by Gasteiger charge is -2.14. The summed E-state index contributed by atoms with van der Waals surface area (Å²) in [4.78, 5) is 13.4. The Bertz CT molecular complexity index is 845. The summed E-state index contributed by atoms with van der Waals surface area (Å²) in [6, 6.07) is 17.4. The Morgan fingerprint density at radius 2 is 1.88 bits per heavy atom. The summed E-state index contributed by atoms with van der Waals surface area (Å²) in [5, 5.41) is 17.4. The largest absolute Gasteiger partial charge is 0.387 e. The number of benzene rings is 2. The second-order valence-electron chi connectivity index (χ2n) is 5.79. The lowest BCUT2D eigenvalue weighted by molar-refractivity contribution is 0.0913. The molecule has 5 heteroatoms. The summed E-state index contributed by atoms with van der Waals surface area (Å²) in [6.07, 6.45) is -0.735. The van der Waals surface area contributed by atoms with Crippen molar-refractivity contribution in [2.24, 2.45) is 0 Å². The number of nitrogens with one attached hydrogen (secondary N) is 1. The average Bonchev–Trinajstić information content (AvgIpc) is 3.21. The predicted molar refractivity (Wildman–Crippen MR) is 110 cm³/mol. The van der Waals surface area contributed by atoms with E-state index in [1.54, 1.807) is 23.1 Å². The van der Waals surface area contributed by atoms with Gasteiger partial charge in [-0.15, -0.1) is 11.8 Å². The van der Waals surface area contributed by atoms with Gasteiger partial charge in [0.05, 0.1) is 11.7 Å². The molecule has 1 amide bonds. The maximum atomic E-state index is 12.5. The highest BCUT2D eigenvalue weighted by atomic mass is 32.2. The molecule has 0 bridgehead atoms. The Balaban J connectivity index is 1.62. The lowest BCUT2D eigenvalue weighted by atomic mass is 10.0. The van der Waals surface area contributed by atoms with Gasteiger partial charge in [-0.1, -0.05) is 43.3 Å². The van der Waals surface area contributed by atoms with Crippen molar-refractivity contribution >= 4 is 29.0 Å². The number of carbonyl (C=O) groups excluding carboxylic acids is 1. The third kappa shape index (κ3) is 4.55. The highest BCUT2D eigenvalue weighted by Crippen LogP contribution is 2.24. The molecule has 0 saturated carbocycles. The number of amides is 1. The van der Waals surface area contributed by atoms with Gasteiger partial charge in [0, 0.05) is 11.4 Å². The van der Waals surface area contributed by atoms with Gasteiger partial charge in [0.25, 0.3) is 5.91 Å². The van der Waals surface area contributed by atoms with E-state index >= 15 is 0 Å². The van der Waals surface area contributed by atoms with Crippen LogP contribution in [0.4, 0.5) is 0 Å². The van der Waals surface area contributed by atoms with Crippen molar-refractivity contribution in [2.75, 3.05) is 12.3 Å². The zero-order valence-electron chi connectivity index (χ0n) is 14.5. The number of thiophene rings is 1. The Kier molecular flexibility index (Phi) is 6.50. The standard InChI is InChI=1S/C21H21NO2S2/c1-2-26-20-6-4-3-5-18(20)21(24)22-13-19(23)16-9-7-15(8-10-16)17-11-12-25-14-17/h3-12,14,19,23H,2,13H2,1H3,(H,22,24)/t19-/m0/s1. The van der Waals surface area contributed by atoms with Crippen molar-refractivity contribution in [3.8, 4) is 11.1 Å². The van der Waals surface area contributed by atoms with E-state index in [1.807, 2.05) is 53.9 Å². The molecule has 0 fully saturated rings. The smallest absolute Gasteiger partial charge is 0.252 e. The van der Waals surface area contributed by atoms with Crippen LogP contribution >= 0.6 is 23.1 Å². The number of hydrogen-bond donors (Lipinski definition) is 2. The molecule has 2 N–H and O–H groups in total. The van der Waals surface area contributed by atoms with Gasteiger partial charge in [0.15, 0.2) is 0 Å². The van der Waals surface area contributed by atoms with Crippen molar-refractivity contribution in [1.29, 1.82) is 0 Å². The fourth-order valence-corrected chi connectivity index (χ4v) is 4.13. The Morgan fingerprint density at radius 1 is 1.12 bits per heavy atom. The Hall–Kier alpha value is -2.08. The summed E-state index contributed by atoms with van der Waals surface area (Å²) >= 11 is 3.30. The molecule has 3 nitrogen and oxygen atoms in total. The molecule has 0 aliphatic rings. The second-order valence-corrected chi connectivity index (χ2v) is 7.87. The summed E-state index contributed by atoms with van der Waals surface area (Å²) in [5.74, 6) is 0.749. The van der Waals surface area contributed by atoms with Gasteiger partial charge in [0.2, 0.25) is 0 Å². The number of rotatable bonds is 7. The molecule has 3 aromatic rings. The first-order valence-electron chi connectivity index (χ1n) is 8.49. The maximum Gasteiger partial charge on any atom is 0.252 e. The number of thioether (sulfide) groups is 1. The van der Waals surface area contributed by atoms with E-state index in [-0.39, 0.29) is 12.5 Å². The van der Waals surface area contributed by atoms with Crippen LogP contribution in [-0.4, -0.2) is 23.3 Å². The van der Waals surface area contributed by atoms with Crippen LogP contribution in [0.2, 0.25) is 0 Å². The number of aliphatic hydroxyl groups excluding tert-OH is 1. The SMILES string of the molecule is CCSc1ccccc1C(=O)NC[C@H](O)c1ccc(-c2ccsc2)cc1. The average molecular weight is 384 g/mol. The molecule has 1 atom stereocenters. The number of aliphatic hydroxyl groups is 1. The molecular formula is C21H21NO2S2. The van der Waals surface area contributed by atoms with Crippen LogP contribution in [0.25, 0.3) is 11.1 Å². The van der Waals surface area contributed by atoms with Crippen molar-refractivity contribution < 1.29 is 9.90 Å². The summed E-state index contributed by atoms with van der Waals surface area (Å²) < 4.78 is 0. The van der Waals surface area contributed by atoms with Gasteiger partial charge in [0.1, 0.15) is 0 Å². The van der Waals surface area contributed by atoms with Gasteiger partial charge in [-0.25, -0.2) is 0 Å². The quantitative estimate of drug-likeness (QED) is 0.565. The van der Waals surface area contributed by atoms with Gasteiger partial charge in [-0.05, 0) is 51.4 Å². The third-order valence-corrected chi connectivity index (χ3v) is 5.68. The molecule has 0 spiro atoms. The fraction of sp³-hybridized carbons (Fsp3) is 0.190.